The molecule has 1 saturated heterocycles. The summed E-state index contributed by atoms with van der Waals surface area (Å²) in [5.74, 6) is 0.150. The second kappa shape index (κ2) is 7.03. The Kier molecular flexibility index (Phi) is 5.34. The predicted molar refractivity (Wildman–Crippen MR) is 82.9 cm³/mol. The van der Waals surface area contributed by atoms with Crippen molar-refractivity contribution in [3.63, 3.8) is 0 Å². The van der Waals surface area contributed by atoms with E-state index < -0.39 is 0 Å². The van der Waals surface area contributed by atoms with Gasteiger partial charge in [0.1, 0.15) is 5.82 Å². The number of amides is 1. The lowest BCUT2D eigenvalue weighted by Gasteiger charge is -2.27. The summed E-state index contributed by atoms with van der Waals surface area (Å²) in [7, 11) is 0. The molecule has 21 heavy (non-hydrogen) atoms. The number of carbonyl (C=O) groups excluding carboxylic acids is 1. The molecule has 0 saturated carbocycles. The minimum atomic E-state index is -0.264. The molecule has 1 heterocycles. The Labute approximate surface area is 126 Å². The first-order valence-electron chi connectivity index (χ1n) is 7.76. The zero-order chi connectivity index (χ0) is 15.4. The average molecular weight is 292 g/mol. The van der Waals surface area contributed by atoms with E-state index in [1.807, 2.05) is 4.90 Å². The molecule has 1 aliphatic heterocycles. The number of benzene rings is 1. The third-order valence-corrected chi connectivity index (χ3v) is 3.88. The molecule has 0 radical (unpaired) electrons. The monoisotopic (exact) mass is 292 g/mol. The number of hydrogen-bond acceptors (Lipinski definition) is 2. The fraction of sp³-hybridized carbons (Fsp3) is 0.588. The van der Waals surface area contributed by atoms with Crippen molar-refractivity contribution in [2.45, 2.75) is 39.7 Å². The normalized spacial score (nSPS) is 18.2. The third-order valence-electron chi connectivity index (χ3n) is 3.88. The van der Waals surface area contributed by atoms with Gasteiger partial charge in [-0.05, 0) is 56.0 Å². The van der Waals surface area contributed by atoms with E-state index in [2.05, 4.69) is 19.2 Å². The average Bonchev–Trinajstić information content (AvgIpc) is 2.93. The Bertz CT molecular complexity index is 496. The molecule has 0 bridgehead atoms. The fourth-order valence-electron chi connectivity index (χ4n) is 2.82. The summed E-state index contributed by atoms with van der Waals surface area (Å²) in [5, 5.41) is 3.43. The molecule has 1 aromatic carbocycles. The molecule has 1 atom stereocenters. The van der Waals surface area contributed by atoms with Crippen LogP contribution < -0.4 is 5.32 Å². The van der Waals surface area contributed by atoms with Gasteiger partial charge in [0.2, 0.25) is 0 Å². The lowest BCUT2D eigenvalue weighted by Crippen LogP contribution is -2.42. The number of rotatable bonds is 5. The highest BCUT2D eigenvalue weighted by Gasteiger charge is 2.23. The van der Waals surface area contributed by atoms with Gasteiger partial charge in [-0.2, -0.15) is 0 Å². The quantitative estimate of drug-likeness (QED) is 0.905. The van der Waals surface area contributed by atoms with Crippen LogP contribution in [0, 0.1) is 18.7 Å². The predicted octanol–water partition coefficient (Wildman–Crippen LogP) is 2.98. The van der Waals surface area contributed by atoms with Crippen molar-refractivity contribution in [2.24, 2.45) is 5.92 Å². The zero-order valence-corrected chi connectivity index (χ0v) is 13.2. The highest BCUT2D eigenvalue weighted by molar-refractivity contribution is 5.94. The van der Waals surface area contributed by atoms with Gasteiger partial charge in [0.25, 0.3) is 5.91 Å². The van der Waals surface area contributed by atoms with E-state index in [4.69, 9.17) is 0 Å². The summed E-state index contributed by atoms with van der Waals surface area (Å²) in [5.41, 5.74) is 1.09. The lowest BCUT2D eigenvalue weighted by atomic mass is 10.1. The molecule has 1 amide bonds. The Balaban J connectivity index is 2.13. The summed E-state index contributed by atoms with van der Waals surface area (Å²) >= 11 is 0. The Morgan fingerprint density at radius 1 is 1.48 bits per heavy atom. The minimum absolute atomic E-state index is 0.000463. The van der Waals surface area contributed by atoms with Gasteiger partial charge < -0.3 is 10.2 Å². The smallest absolute Gasteiger partial charge is 0.253 e. The topological polar surface area (TPSA) is 32.3 Å². The van der Waals surface area contributed by atoms with Gasteiger partial charge >= 0.3 is 0 Å². The van der Waals surface area contributed by atoms with Crippen LogP contribution >= 0.6 is 0 Å². The SMILES string of the molecule is Cc1cc(C(=O)N(CC(C)C)CC2CCCN2)ccc1F. The molecule has 0 aliphatic carbocycles. The Morgan fingerprint density at radius 2 is 2.24 bits per heavy atom. The van der Waals surface area contributed by atoms with Crippen molar-refractivity contribution >= 4 is 5.91 Å². The maximum atomic E-state index is 13.4. The van der Waals surface area contributed by atoms with Gasteiger partial charge in [0.05, 0.1) is 0 Å². The number of halogens is 1. The fourth-order valence-corrected chi connectivity index (χ4v) is 2.82. The van der Waals surface area contributed by atoms with Crippen LogP contribution in [0.3, 0.4) is 0 Å². The second-order valence-corrected chi connectivity index (χ2v) is 6.36. The van der Waals surface area contributed by atoms with Crippen LogP contribution in [0.2, 0.25) is 0 Å². The van der Waals surface area contributed by atoms with Crippen LogP contribution in [-0.2, 0) is 0 Å². The van der Waals surface area contributed by atoms with E-state index in [1.165, 1.54) is 12.5 Å². The van der Waals surface area contributed by atoms with Gasteiger partial charge in [0.15, 0.2) is 0 Å². The molecule has 1 fully saturated rings. The molecule has 2 rings (SSSR count). The van der Waals surface area contributed by atoms with Crippen molar-refractivity contribution in [2.75, 3.05) is 19.6 Å². The summed E-state index contributed by atoms with van der Waals surface area (Å²) in [6.45, 7) is 8.40. The standard InChI is InChI=1S/C17H25FN2O/c1-12(2)10-20(11-15-5-4-8-19-15)17(21)14-6-7-16(18)13(3)9-14/h6-7,9,12,15,19H,4-5,8,10-11H2,1-3H3. The maximum Gasteiger partial charge on any atom is 0.253 e. The van der Waals surface area contributed by atoms with E-state index in [0.29, 0.717) is 23.1 Å². The van der Waals surface area contributed by atoms with E-state index >= 15 is 0 Å². The minimum Gasteiger partial charge on any atom is -0.337 e. The van der Waals surface area contributed by atoms with Crippen LogP contribution in [0.25, 0.3) is 0 Å². The molecule has 3 nitrogen and oxygen atoms in total. The molecule has 1 aromatic rings. The summed E-state index contributed by atoms with van der Waals surface area (Å²) in [6.07, 6.45) is 2.29. The Hall–Kier alpha value is -1.42. The van der Waals surface area contributed by atoms with Gasteiger partial charge in [-0.3, -0.25) is 4.79 Å². The molecular formula is C17H25FN2O. The van der Waals surface area contributed by atoms with Gasteiger partial charge in [-0.1, -0.05) is 13.8 Å². The van der Waals surface area contributed by atoms with E-state index in [-0.39, 0.29) is 11.7 Å². The van der Waals surface area contributed by atoms with Gasteiger partial charge in [-0.25, -0.2) is 4.39 Å². The molecular weight excluding hydrogens is 267 g/mol. The van der Waals surface area contributed by atoms with E-state index in [1.54, 1.807) is 19.1 Å². The molecule has 0 aromatic heterocycles. The van der Waals surface area contributed by atoms with Gasteiger partial charge in [0, 0.05) is 24.7 Å². The van der Waals surface area contributed by atoms with Crippen molar-refractivity contribution in [3.8, 4) is 0 Å². The molecule has 4 heteroatoms. The van der Waals surface area contributed by atoms with Gasteiger partial charge in [-0.15, -0.1) is 0 Å². The number of hydrogen-bond donors (Lipinski definition) is 1. The number of carbonyl (C=O) groups is 1. The first-order valence-corrected chi connectivity index (χ1v) is 7.76. The first kappa shape index (κ1) is 16.0. The second-order valence-electron chi connectivity index (χ2n) is 6.36. The molecule has 1 N–H and O–H groups in total. The maximum absolute atomic E-state index is 13.4. The van der Waals surface area contributed by atoms with Crippen LogP contribution in [0.4, 0.5) is 4.39 Å². The van der Waals surface area contributed by atoms with Crippen molar-refractivity contribution in [3.05, 3.63) is 35.1 Å². The molecule has 1 aliphatic rings. The largest absolute Gasteiger partial charge is 0.337 e. The van der Waals surface area contributed by atoms with Crippen LogP contribution in [0.5, 0.6) is 0 Å². The Morgan fingerprint density at radius 3 is 2.81 bits per heavy atom. The lowest BCUT2D eigenvalue weighted by molar-refractivity contribution is 0.0721. The van der Waals surface area contributed by atoms with Crippen molar-refractivity contribution in [1.82, 2.24) is 10.2 Å². The molecule has 116 valence electrons. The van der Waals surface area contributed by atoms with Crippen molar-refractivity contribution in [1.29, 1.82) is 0 Å². The van der Waals surface area contributed by atoms with Crippen molar-refractivity contribution < 1.29 is 9.18 Å². The number of nitrogens with zero attached hydrogens (tertiary/aromatic N) is 1. The number of nitrogens with one attached hydrogen (secondary N) is 1. The third kappa shape index (κ3) is 4.27. The number of aryl methyl sites for hydroxylation is 1. The van der Waals surface area contributed by atoms with E-state index in [0.717, 1.165) is 26.1 Å². The van der Waals surface area contributed by atoms with Crippen LogP contribution in [0.1, 0.15) is 42.6 Å². The first-order chi connectivity index (χ1) is 9.97. The van der Waals surface area contributed by atoms with Crippen LogP contribution in [0.15, 0.2) is 18.2 Å². The molecule has 0 spiro atoms. The summed E-state index contributed by atoms with van der Waals surface area (Å²) in [4.78, 5) is 14.6. The van der Waals surface area contributed by atoms with Crippen LogP contribution in [-0.4, -0.2) is 36.5 Å². The highest BCUT2D eigenvalue weighted by atomic mass is 19.1. The zero-order valence-electron chi connectivity index (χ0n) is 13.2. The summed E-state index contributed by atoms with van der Waals surface area (Å²) in [6, 6.07) is 4.99. The summed E-state index contributed by atoms with van der Waals surface area (Å²) < 4.78 is 13.4. The van der Waals surface area contributed by atoms with E-state index in [9.17, 15) is 9.18 Å². The highest BCUT2D eigenvalue weighted by Crippen LogP contribution is 2.15. The molecule has 1 unspecified atom stereocenters.